The van der Waals surface area contributed by atoms with Crippen molar-refractivity contribution in [2.75, 3.05) is 26.2 Å². The first kappa shape index (κ1) is 16.6. The Hall–Kier alpha value is -0.810. The van der Waals surface area contributed by atoms with E-state index in [4.69, 9.17) is 10.5 Å². The van der Waals surface area contributed by atoms with Crippen molar-refractivity contribution < 1.29 is 9.53 Å². The summed E-state index contributed by atoms with van der Waals surface area (Å²) in [6, 6.07) is 0.682. The van der Waals surface area contributed by atoms with E-state index in [9.17, 15) is 4.79 Å². The van der Waals surface area contributed by atoms with Gasteiger partial charge in [-0.2, -0.15) is 0 Å². The van der Waals surface area contributed by atoms with Crippen LogP contribution in [-0.2, 0) is 4.74 Å². The predicted molar refractivity (Wildman–Crippen MR) is 84.2 cm³/mol. The van der Waals surface area contributed by atoms with E-state index in [0.29, 0.717) is 12.1 Å². The van der Waals surface area contributed by atoms with Gasteiger partial charge in [0, 0.05) is 25.2 Å². The van der Waals surface area contributed by atoms with Crippen LogP contribution >= 0.6 is 0 Å². The second-order valence-corrected chi connectivity index (χ2v) is 7.38. The van der Waals surface area contributed by atoms with Crippen LogP contribution in [0, 0.1) is 0 Å². The lowest BCUT2D eigenvalue weighted by Crippen LogP contribution is -2.56. The minimum absolute atomic E-state index is 0.127. The Bertz CT molecular complexity index is 340. The maximum Gasteiger partial charge on any atom is 0.410 e. The van der Waals surface area contributed by atoms with Crippen molar-refractivity contribution in [2.45, 2.75) is 70.6 Å². The molecule has 0 spiro atoms. The molecule has 122 valence electrons. The minimum atomic E-state index is -0.407. The summed E-state index contributed by atoms with van der Waals surface area (Å²) in [6.45, 7) is 9.71. The lowest BCUT2D eigenvalue weighted by molar-refractivity contribution is -0.00451. The molecule has 2 saturated heterocycles. The van der Waals surface area contributed by atoms with E-state index in [2.05, 4.69) is 4.90 Å². The fourth-order valence-corrected chi connectivity index (χ4v) is 3.44. The fraction of sp³-hybridized carbons (Fsp3) is 0.938. The van der Waals surface area contributed by atoms with E-state index in [-0.39, 0.29) is 6.09 Å². The van der Waals surface area contributed by atoms with Crippen LogP contribution in [-0.4, -0.2) is 59.8 Å². The zero-order valence-corrected chi connectivity index (χ0v) is 13.8. The van der Waals surface area contributed by atoms with Crippen molar-refractivity contribution in [3.8, 4) is 0 Å². The third-order valence-electron chi connectivity index (χ3n) is 4.34. The van der Waals surface area contributed by atoms with Gasteiger partial charge in [-0.15, -0.1) is 0 Å². The Morgan fingerprint density at radius 2 is 1.76 bits per heavy atom. The molecule has 2 aliphatic rings. The predicted octanol–water partition coefficient (Wildman–Crippen LogP) is 2.20. The van der Waals surface area contributed by atoms with Crippen molar-refractivity contribution in [1.29, 1.82) is 0 Å². The van der Waals surface area contributed by atoms with Crippen LogP contribution in [0.4, 0.5) is 4.79 Å². The maximum absolute atomic E-state index is 12.4. The number of ether oxygens (including phenoxy) is 1. The van der Waals surface area contributed by atoms with Crippen LogP contribution < -0.4 is 5.73 Å². The molecule has 2 fully saturated rings. The normalized spacial score (nSPS) is 26.2. The number of carbonyl (C=O) groups excluding carboxylic acids is 1. The molecule has 1 amide bonds. The molecular formula is C16H31N3O2. The number of carbonyl (C=O) groups is 1. The molecule has 2 bridgehead atoms. The molecular weight excluding hydrogens is 266 g/mol. The number of nitrogens with two attached hydrogens (primary N) is 1. The topological polar surface area (TPSA) is 58.8 Å². The number of hydrogen-bond donors (Lipinski definition) is 1. The molecule has 0 aromatic carbocycles. The van der Waals surface area contributed by atoms with Crippen LogP contribution in [0.2, 0.25) is 0 Å². The first-order chi connectivity index (χ1) is 9.90. The SMILES string of the molecule is CC(C)(C)OC(=O)N1C2CCC1CN(CCCCCN)C2. The van der Waals surface area contributed by atoms with E-state index in [1.807, 2.05) is 25.7 Å². The number of nitrogens with zero attached hydrogens (tertiary/aromatic N) is 2. The van der Waals surface area contributed by atoms with Crippen molar-refractivity contribution in [3.05, 3.63) is 0 Å². The highest BCUT2D eigenvalue weighted by molar-refractivity contribution is 5.69. The molecule has 21 heavy (non-hydrogen) atoms. The fourth-order valence-electron chi connectivity index (χ4n) is 3.44. The quantitative estimate of drug-likeness (QED) is 0.790. The molecule has 2 rings (SSSR count). The Balaban J connectivity index is 1.83. The molecule has 2 aliphatic heterocycles. The van der Waals surface area contributed by atoms with Gasteiger partial charge in [0.15, 0.2) is 0 Å². The highest BCUT2D eigenvalue weighted by atomic mass is 16.6. The lowest BCUT2D eigenvalue weighted by atomic mass is 10.1. The van der Waals surface area contributed by atoms with Crippen LogP contribution in [0.5, 0.6) is 0 Å². The standard InChI is InChI=1S/C16H31N3O2/c1-16(2,3)21-15(20)19-13-7-8-14(19)12-18(11-13)10-6-4-5-9-17/h13-14H,4-12,17H2,1-3H3. The first-order valence-corrected chi connectivity index (χ1v) is 8.34. The van der Waals surface area contributed by atoms with Crippen LogP contribution in [0.25, 0.3) is 0 Å². The number of hydrogen-bond acceptors (Lipinski definition) is 4. The molecule has 0 aliphatic carbocycles. The smallest absolute Gasteiger partial charge is 0.410 e. The van der Waals surface area contributed by atoms with Crippen molar-refractivity contribution >= 4 is 6.09 Å². The zero-order chi connectivity index (χ0) is 15.5. The minimum Gasteiger partial charge on any atom is -0.444 e. The number of fused-ring (bicyclic) bond motifs is 2. The van der Waals surface area contributed by atoms with Crippen LogP contribution in [0.1, 0.15) is 52.9 Å². The zero-order valence-electron chi connectivity index (χ0n) is 13.8. The molecule has 0 aromatic heterocycles. The Morgan fingerprint density at radius 1 is 1.14 bits per heavy atom. The van der Waals surface area contributed by atoms with Gasteiger partial charge in [-0.05, 0) is 59.5 Å². The van der Waals surface area contributed by atoms with Crippen LogP contribution in [0.15, 0.2) is 0 Å². The molecule has 2 unspecified atom stereocenters. The summed E-state index contributed by atoms with van der Waals surface area (Å²) in [5, 5.41) is 0. The van der Waals surface area contributed by atoms with Gasteiger partial charge in [-0.25, -0.2) is 4.79 Å². The average Bonchev–Trinajstić information content (AvgIpc) is 2.65. The van der Waals surface area contributed by atoms with Gasteiger partial charge in [0.1, 0.15) is 5.60 Å². The summed E-state index contributed by atoms with van der Waals surface area (Å²) in [4.78, 5) is 16.9. The number of rotatable bonds is 5. The average molecular weight is 297 g/mol. The first-order valence-electron chi connectivity index (χ1n) is 8.34. The second kappa shape index (κ2) is 6.97. The number of likely N-dealkylation sites (tertiary alicyclic amines) is 1. The summed E-state index contributed by atoms with van der Waals surface area (Å²) < 4.78 is 5.56. The molecule has 5 nitrogen and oxygen atoms in total. The lowest BCUT2D eigenvalue weighted by Gasteiger charge is -2.41. The van der Waals surface area contributed by atoms with Gasteiger partial charge in [0.05, 0.1) is 0 Å². The third-order valence-corrected chi connectivity index (χ3v) is 4.34. The molecule has 2 atom stereocenters. The monoisotopic (exact) mass is 297 g/mol. The Kier molecular flexibility index (Phi) is 5.49. The number of unbranched alkanes of at least 4 members (excludes halogenated alkanes) is 2. The molecule has 0 saturated carbocycles. The largest absolute Gasteiger partial charge is 0.444 e. The molecule has 0 aromatic rings. The van der Waals surface area contributed by atoms with Crippen molar-refractivity contribution in [2.24, 2.45) is 5.73 Å². The van der Waals surface area contributed by atoms with Gasteiger partial charge in [0.2, 0.25) is 0 Å². The van der Waals surface area contributed by atoms with E-state index < -0.39 is 5.60 Å². The summed E-state index contributed by atoms with van der Waals surface area (Å²) >= 11 is 0. The third kappa shape index (κ3) is 4.58. The molecule has 5 heteroatoms. The summed E-state index contributed by atoms with van der Waals surface area (Å²) in [6.07, 6.45) is 5.64. The van der Waals surface area contributed by atoms with Gasteiger partial charge >= 0.3 is 6.09 Å². The summed E-state index contributed by atoms with van der Waals surface area (Å²) in [5.41, 5.74) is 5.13. The number of piperazine rings is 1. The van der Waals surface area contributed by atoms with E-state index in [1.165, 1.54) is 12.8 Å². The van der Waals surface area contributed by atoms with E-state index in [0.717, 1.165) is 45.4 Å². The summed E-state index contributed by atoms with van der Waals surface area (Å²) in [7, 11) is 0. The summed E-state index contributed by atoms with van der Waals surface area (Å²) in [5.74, 6) is 0. The highest BCUT2D eigenvalue weighted by Crippen LogP contribution is 2.31. The molecule has 2 heterocycles. The maximum atomic E-state index is 12.4. The van der Waals surface area contributed by atoms with Gasteiger partial charge in [0.25, 0.3) is 0 Å². The molecule has 0 radical (unpaired) electrons. The number of amides is 1. The van der Waals surface area contributed by atoms with Crippen molar-refractivity contribution in [3.63, 3.8) is 0 Å². The molecule has 2 N–H and O–H groups in total. The van der Waals surface area contributed by atoms with E-state index >= 15 is 0 Å². The highest BCUT2D eigenvalue weighted by Gasteiger charge is 2.43. The van der Waals surface area contributed by atoms with Gasteiger partial charge in [-0.3, -0.25) is 9.80 Å². The Morgan fingerprint density at radius 3 is 2.29 bits per heavy atom. The van der Waals surface area contributed by atoms with E-state index in [1.54, 1.807) is 0 Å². The second-order valence-electron chi connectivity index (χ2n) is 7.38. The van der Waals surface area contributed by atoms with Crippen LogP contribution in [0.3, 0.4) is 0 Å². The Labute approximate surface area is 128 Å². The van der Waals surface area contributed by atoms with Gasteiger partial charge in [-0.1, -0.05) is 6.42 Å². The van der Waals surface area contributed by atoms with Gasteiger partial charge < -0.3 is 10.5 Å². The van der Waals surface area contributed by atoms with Crippen molar-refractivity contribution in [1.82, 2.24) is 9.80 Å².